The molecule has 11 heteroatoms. The fraction of sp³-hybridized carbons (Fsp3) is 0.0556. The van der Waals surface area contributed by atoms with E-state index in [0.717, 1.165) is 22.7 Å². The molecule has 0 spiro atoms. The molecule has 2 aromatic heterocycles. The molecule has 0 fully saturated rings. The van der Waals surface area contributed by atoms with Gasteiger partial charge < -0.3 is 5.32 Å². The Morgan fingerprint density at radius 2 is 2.03 bits per heavy atom. The van der Waals surface area contributed by atoms with Crippen LogP contribution < -0.4 is 5.32 Å². The summed E-state index contributed by atoms with van der Waals surface area (Å²) in [6.07, 6.45) is 1.54. The molecular weight excluding hydrogens is 394 g/mol. The maximum absolute atomic E-state index is 12.9. The largest absolute Gasteiger partial charge is 0.321 e. The quantitative estimate of drug-likeness (QED) is 0.395. The fourth-order valence-electron chi connectivity index (χ4n) is 2.64. The number of tetrazole rings is 1. The van der Waals surface area contributed by atoms with Crippen LogP contribution in [0.5, 0.6) is 0 Å². The fourth-order valence-corrected chi connectivity index (χ4v) is 3.48. The second-order valence-electron chi connectivity index (χ2n) is 6.00. The van der Waals surface area contributed by atoms with Gasteiger partial charge in [0.05, 0.1) is 27.9 Å². The highest BCUT2D eigenvalue weighted by molar-refractivity contribution is 7.99. The summed E-state index contributed by atoms with van der Waals surface area (Å²) in [5, 5.41) is 26.4. The molecule has 29 heavy (non-hydrogen) atoms. The summed E-state index contributed by atoms with van der Waals surface area (Å²) < 4.78 is 1.45. The number of carbonyl (C=O) groups excluding carboxylic acids is 1. The maximum Gasteiger partial charge on any atom is 0.270 e. The first-order valence-corrected chi connectivity index (χ1v) is 9.18. The van der Waals surface area contributed by atoms with Crippen LogP contribution in [0.15, 0.2) is 64.8 Å². The molecule has 0 radical (unpaired) electrons. The molecule has 10 nitrogen and oxygen atoms in total. The minimum absolute atomic E-state index is 0.139. The zero-order chi connectivity index (χ0) is 20.4. The first-order valence-electron chi connectivity index (χ1n) is 8.36. The van der Waals surface area contributed by atoms with E-state index in [2.05, 4.69) is 25.8 Å². The summed E-state index contributed by atoms with van der Waals surface area (Å²) in [4.78, 5) is 28.4. The van der Waals surface area contributed by atoms with E-state index >= 15 is 0 Å². The summed E-state index contributed by atoms with van der Waals surface area (Å²) in [7, 11) is 1.66. The number of rotatable bonds is 5. The van der Waals surface area contributed by atoms with E-state index in [1.165, 1.54) is 29.1 Å². The number of aryl methyl sites for hydroxylation is 1. The number of amides is 1. The number of hydrogen-bond donors (Lipinski definition) is 1. The maximum atomic E-state index is 12.9. The second kappa shape index (κ2) is 7.64. The Labute approximate surface area is 168 Å². The number of anilines is 1. The van der Waals surface area contributed by atoms with Crippen molar-refractivity contribution in [2.24, 2.45) is 7.05 Å². The summed E-state index contributed by atoms with van der Waals surface area (Å²) >= 11 is 1.14. The van der Waals surface area contributed by atoms with Crippen molar-refractivity contribution in [3.05, 3.63) is 70.4 Å². The molecule has 2 heterocycles. The Morgan fingerprint density at radius 3 is 2.79 bits per heavy atom. The molecule has 0 saturated carbocycles. The highest BCUT2D eigenvalue weighted by Gasteiger charge is 2.19. The molecule has 1 N–H and O–H groups in total. The first kappa shape index (κ1) is 18.5. The van der Waals surface area contributed by atoms with Crippen molar-refractivity contribution in [3.63, 3.8) is 0 Å². The van der Waals surface area contributed by atoms with Gasteiger partial charge in [-0.25, -0.2) is 4.68 Å². The van der Waals surface area contributed by atoms with E-state index in [1.807, 2.05) is 24.3 Å². The Bertz CT molecular complexity index is 1240. The molecule has 0 aliphatic carbocycles. The van der Waals surface area contributed by atoms with Gasteiger partial charge in [-0.15, -0.1) is 5.10 Å². The normalized spacial score (nSPS) is 10.8. The number of para-hydroxylation sites is 1. The zero-order valence-electron chi connectivity index (χ0n) is 15.0. The number of aromatic nitrogens is 5. The SMILES string of the molecule is Cn1nnnc1Sc1ccc([N+](=O)[O-])cc1C(=O)Nc1cnc2ccccc2c1. The number of nitro benzene ring substituents is 1. The van der Waals surface area contributed by atoms with Crippen molar-refractivity contribution >= 4 is 39.9 Å². The van der Waals surface area contributed by atoms with E-state index in [0.29, 0.717) is 15.7 Å². The summed E-state index contributed by atoms with van der Waals surface area (Å²) in [6, 6.07) is 13.4. The third-order valence-electron chi connectivity index (χ3n) is 4.05. The van der Waals surface area contributed by atoms with Crippen molar-refractivity contribution in [2.75, 3.05) is 5.32 Å². The van der Waals surface area contributed by atoms with E-state index in [9.17, 15) is 14.9 Å². The van der Waals surface area contributed by atoms with Crippen molar-refractivity contribution in [2.45, 2.75) is 10.1 Å². The lowest BCUT2D eigenvalue weighted by atomic mass is 10.1. The number of fused-ring (bicyclic) bond motifs is 1. The van der Waals surface area contributed by atoms with Gasteiger partial charge in [0.15, 0.2) is 0 Å². The van der Waals surface area contributed by atoms with E-state index in [-0.39, 0.29) is 11.3 Å². The van der Waals surface area contributed by atoms with Crippen molar-refractivity contribution in [1.29, 1.82) is 0 Å². The van der Waals surface area contributed by atoms with Crippen LogP contribution in [0.1, 0.15) is 10.4 Å². The smallest absolute Gasteiger partial charge is 0.270 e. The molecule has 0 bridgehead atoms. The Hall–Kier alpha value is -3.86. The molecule has 0 saturated heterocycles. The van der Waals surface area contributed by atoms with E-state index in [4.69, 9.17) is 0 Å². The number of nitrogens with one attached hydrogen (secondary N) is 1. The molecule has 4 aromatic rings. The first-order chi connectivity index (χ1) is 14.0. The summed E-state index contributed by atoms with van der Waals surface area (Å²) in [5.41, 5.74) is 1.23. The number of non-ortho nitro benzene ring substituents is 1. The standard InChI is InChI=1S/C18H13N7O3S/c1-24-18(21-22-23-24)29-16-7-6-13(25(27)28)9-14(16)17(26)20-12-8-11-4-2-3-5-15(11)19-10-12/h2-10H,1H3,(H,20,26). The molecule has 0 unspecified atom stereocenters. The summed E-state index contributed by atoms with van der Waals surface area (Å²) in [6.45, 7) is 0. The van der Waals surface area contributed by atoms with Gasteiger partial charge in [-0.2, -0.15) is 0 Å². The zero-order valence-corrected chi connectivity index (χ0v) is 15.8. The molecule has 2 aromatic carbocycles. The van der Waals surface area contributed by atoms with Gasteiger partial charge in [0.25, 0.3) is 11.6 Å². The van der Waals surface area contributed by atoms with E-state index < -0.39 is 10.8 Å². The average Bonchev–Trinajstić information content (AvgIpc) is 3.12. The third kappa shape index (κ3) is 3.89. The van der Waals surface area contributed by atoms with Gasteiger partial charge in [0.1, 0.15) is 0 Å². The molecule has 4 rings (SSSR count). The molecule has 0 atom stereocenters. The number of hydrogen-bond acceptors (Lipinski definition) is 8. The van der Waals surface area contributed by atoms with Crippen LogP contribution >= 0.6 is 11.8 Å². The van der Waals surface area contributed by atoms with Gasteiger partial charge in [-0.3, -0.25) is 19.9 Å². The van der Waals surface area contributed by atoms with Crippen LogP contribution in [0.25, 0.3) is 10.9 Å². The predicted octanol–water partition coefficient (Wildman–Crippen LogP) is 3.07. The lowest BCUT2D eigenvalue weighted by Gasteiger charge is -2.10. The Kier molecular flexibility index (Phi) is 4.87. The van der Waals surface area contributed by atoms with Gasteiger partial charge >= 0.3 is 0 Å². The van der Waals surface area contributed by atoms with Gasteiger partial charge in [-0.1, -0.05) is 18.2 Å². The Balaban J connectivity index is 1.68. The molecule has 0 aliphatic rings. The summed E-state index contributed by atoms with van der Waals surface area (Å²) in [5.74, 6) is -0.497. The molecule has 1 amide bonds. The second-order valence-corrected chi connectivity index (χ2v) is 7.00. The lowest BCUT2D eigenvalue weighted by Crippen LogP contribution is -2.14. The molecular formula is C18H13N7O3S. The predicted molar refractivity (Wildman–Crippen MR) is 106 cm³/mol. The van der Waals surface area contributed by atoms with Crippen LogP contribution in [0.4, 0.5) is 11.4 Å². The minimum atomic E-state index is -0.549. The highest BCUT2D eigenvalue weighted by Crippen LogP contribution is 2.31. The van der Waals surface area contributed by atoms with Crippen LogP contribution in [0, 0.1) is 10.1 Å². The number of carbonyl (C=O) groups is 1. The number of nitro groups is 1. The average molecular weight is 407 g/mol. The van der Waals surface area contributed by atoms with Gasteiger partial charge in [0, 0.05) is 29.5 Å². The molecule has 144 valence electrons. The minimum Gasteiger partial charge on any atom is -0.321 e. The van der Waals surface area contributed by atoms with Crippen LogP contribution in [-0.4, -0.2) is 36.0 Å². The van der Waals surface area contributed by atoms with E-state index in [1.54, 1.807) is 13.1 Å². The van der Waals surface area contributed by atoms with Crippen LogP contribution in [0.3, 0.4) is 0 Å². The van der Waals surface area contributed by atoms with Crippen molar-refractivity contribution < 1.29 is 9.72 Å². The monoisotopic (exact) mass is 407 g/mol. The van der Waals surface area contributed by atoms with Crippen LogP contribution in [-0.2, 0) is 7.05 Å². The Morgan fingerprint density at radius 1 is 1.21 bits per heavy atom. The topological polar surface area (TPSA) is 129 Å². The number of nitrogens with zero attached hydrogens (tertiary/aromatic N) is 6. The molecule has 0 aliphatic heterocycles. The highest BCUT2D eigenvalue weighted by atomic mass is 32.2. The third-order valence-corrected chi connectivity index (χ3v) is 5.15. The van der Waals surface area contributed by atoms with Crippen molar-refractivity contribution in [1.82, 2.24) is 25.2 Å². The number of benzene rings is 2. The van der Waals surface area contributed by atoms with Crippen LogP contribution in [0.2, 0.25) is 0 Å². The van der Waals surface area contributed by atoms with Crippen molar-refractivity contribution in [3.8, 4) is 0 Å². The lowest BCUT2D eigenvalue weighted by molar-refractivity contribution is -0.384. The van der Waals surface area contributed by atoms with Gasteiger partial charge in [-0.05, 0) is 40.4 Å². The number of pyridine rings is 1. The van der Waals surface area contributed by atoms with Gasteiger partial charge in [0.2, 0.25) is 5.16 Å².